The fourth-order valence-corrected chi connectivity index (χ4v) is 4.73. The van der Waals surface area contributed by atoms with E-state index in [1.54, 1.807) is 0 Å². The second kappa shape index (κ2) is 5.50. The van der Waals surface area contributed by atoms with Crippen LogP contribution in [0.4, 0.5) is 0 Å². The highest BCUT2D eigenvalue weighted by atomic mass is 16.3. The van der Waals surface area contributed by atoms with Crippen LogP contribution in [0.1, 0.15) is 37.5 Å². The summed E-state index contributed by atoms with van der Waals surface area (Å²) < 4.78 is 8.71. The Morgan fingerprint density at radius 2 is 1.85 bits per heavy atom. The summed E-state index contributed by atoms with van der Waals surface area (Å²) in [6, 6.07) is 13.2. The standard InChI is InChI=1S/C25H21NO/c1-16-10-12-17(13-11-16)26-21-8-4-2-6-18(21)19-14-15-23-24(25(19)26)20-7-3-5-9-22(20)27-23/h2,4-6,8-10,12,14-15H,3,7,11,13H2,1H3. The number of rotatable bonds is 1. The first-order chi connectivity index (χ1) is 13.3. The lowest BCUT2D eigenvalue weighted by atomic mass is 9.99. The molecule has 2 aromatic heterocycles. The van der Waals surface area contributed by atoms with Crippen molar-refractivity contribution in [1.29, 1.82) is 0 Å². The molecule has 0 saturated carbocycles. The molecule has 4 aromatic rings. The van der Waals surface area contributed by atoms with Gasteiger partial charge in [0, 0.05) is 27.4 Å². The molecule has 0 amide bonds. The van der Waals surface area contributed by atoms with E-state index in [2.05, 4.69) is 72.2 Å². The summed E-state index contributed by atoms with van der Waals surface area (Å²) in [6.45, 7) is 2.22. The van der Waals surface area contributed by atoms with Crippen LogP contribution in [0.2, 0.25) is 0 Å². The minimum absolute atomic E-state index is 1.01. The summed E-state index contributed by atoms with van der Waals surface area (Å²) >= 11 is 0. The molecule has 2 aromatic carbocycles. The van der Waals surface area contributed by atoms with Crippen LogP contribution in [0.25, 0.3) is 44.5 Å². The molecule has 132 valence electrons. The molecule has 2 nitrogen and oxygen atoms in total. The van der Waals surface area contributed by atoms with Gasteiger partial charge >= 0.3 is 0 Å². The zero-order chi connectivity index (χ0) is 18.0. The zero-order valence-electron chi connectivity index (χ0n) is 15.5. The molecule has 2 aliphatic rings. The van der Waals surface area contributed by atoms with Gasteiger partial charge in [0.25, 0.3) is 0 Å². The monoisotopic (exact) mass is 351 g/mol. The lowest BCUT2D eigenvalue weighted by Crippen LogP contribution is -2.01. The van der Waals surface area contributed by atoms with Crippen molar-refractivity contribution >= 4 is 44.5 Å². The second-order valence-electron chi connectivity index (χ2n) is 7.74. The maximum absolute atomic E-state index is 6.22. The van der Waals surface area contributed by atoms with Crippen LogP contribution in [0.3, 0.4) is 0 Å². The molecule has 0 fully saturated rings. The summed E-state index contributed by atoms with van der Waals surface area (Å²) in [5, 5.41) is 3.95. The Hall–Kier alpha value is -3.00. The average Bonchev–Trinajstić information content (AvgIpc) is 3.24. The second-order valence-corrected chi connectivity index (χ2v) is 7.74. The van der Waals surface area contributed by atoms with Crippen LogP contribution >= 0.6 is 0 Å². The van der Waals surface area contributed by atoms with Gasteiger partial charge < -0.3 is 8.98 Å². The van der Waals surface area contributed by atoms with E-state index in [4.69, 9.17) is 4.42 Å². The molecule has 0 atom stereocenters. The summed E-state index contributed by atoms with van der Waals surface area (Å²) in [7, 11) is 0. The molecule has 0 radical (unpaired) electrons. The van der Waals surface area contributed by atoms with E-state index in [0.29, 0.717) is 0 Å². The molecule has 0 aliphatic heterocycles. The number of para-hydroxylation sites is 1. The Kier molecular flexibility index (Phi) is 3.07. The van der Waals surface area contributed by atoms with E-state index >= 15 is 0 Å². The van der Waals surface area contributed by atoms with E-state index in [1.807, 2.05) is 0 Å². The molecule has 0 bridgehead atoms. The van der Waals surface area contributed by atoms with Crippen molar-refractivity contribution in [2.75, 3.05) is 0 Å². The Labute approximate surface area is 158 Å². The van der Waals surface area contributed by atoms with Crippen LogP contribution in [0.5, 0.6) is 0 Å². The summed E-state index contributed by atoms with van der Waals surface area (Å²) in [6.07, 6.45) is 13.3. The van der Waals surface area contributed by atoms with Gasteiger partial charge in [0.05, 0.1) is 11.0 Å². The normalized spacial score (nSPS) is 16.8. The number of aryl methyl sites for hydroxylation is 1. The third-order valence-corrected chi connectivity index (χ3v) is 6.07. The van der Waals surface area contributed by atoms with E-state index in [1.165, 1.54) is 44.0 Å². The van der Waals surface area contributed by atoms with Crippen molar-refractivity contribution in [1.82, 2.24) is 4.57 Å². The van der Waals surface area contributed by atoms with Crippen molar-refractivity contribution in [3.63, 3.8) is 0 Å². The van der Waals surface area contributed by atoms with E-state index in [-0.39, 0.29) is 0 Å². The number of fused-ring (bicyclic) bond motifs is 7. The summed E-state index contributed by atoms with van der Waals surface area (Å²) in [5.74, 6) is 1.04. The van der Waals surface area contributed by atoms with Crippen molar-refractivity contribution in [3.8, 4) is 0 Å². The third kappa shape index (κ3) is 2.07. The number of hydrogen-bond donors (Lipinski definition) is 0. The Bertz CT molecular complexity index is 1320. The number of benzene rings is 2. The molecule has 0 unspecified atom stereocenters. The predicted molar refractivity (Wildman–Crippen MR) is 114 cm³/mol. The van der Waals surface area contributed by atoms with Crippen molar-refractivity contribution < 1.29 is 4.42 Å². The first kappa shape index (κ1) is 15.1. The smallest absolute Gasteiger partial charge is 0.137 e. The van der Waals surface area contributed by atoms with Gasteiger partial charge in [-0.05, 0) is 63.0 Å². The van der Waals surface area contributed by atoms with Crippen molar-refractivity contribution in [2.24, 2.45) is 0 Å². The fourth-order valence-electron chi connectivity index (χ4n) is 4.73. The minimum atomic E-state index is 1.01. The van der Waals surface area contributed by atoms with E-state index < -0.39 is 0 Å². The molecular formula is C25H21NO. The molecule has 2 heterocycles. The maximum Gasteiger partial charge on any atom is 0.137 e. The first-order valence-electron chi connectivity index (χ1n) is 9.82. The molecule has 2 heteroatoms. The highest BCUT2D eigenvalue weighted by Gasteiger charge is 2.22. The maximum atomic E-state index is 6.22. The van der Waals surface area contributed by atoms with Gasteiger partial charge in [-0.3, -0.25) is 0 Å². The van der Waals surface area contributed by atoms with Crippen molar-refractivity contribution in [2.45, 2.75) is 32.6 Å². The Morgan fingerprint density at radius 1 is 0.926 bits per heavy atom. The molecule has 2 aliphatic carbocycles. The first-order valence-corrected chi connectivity index (χ1v) is 9.82. The lowest BCUT2D eigenvalue weighted by molar-refractivity contribution is 0.595. The van der Waals surface area contributed by atoms with Gasteiger partial charge in [0.1, 0.15) is 11.3 Å². The molecule has 0 N–H and O–H groups in total. The van der Waals surface area contributed by atoms with Gasteiger partial charge in [-0.25, -0.2) is 0 Å². The Balaban J connectivity index is 1.83. The van der Waals surface area contributed by atoms with Crippen LogP contribution < -0.4 is 0 Å². The van der Waals surface area contributed by atoms with Crippen molar-refractivity contribution in [3.05, 3.63) is 71.5 Å². The number of allylic oxidation sites excluding steroid dienone is 5. The number of furan rings is 1. The topological polar surface area (TPSA) is 18.1 Å². The molecule has 27 heavy (non-hydrogen) atoms. The fraction of sp³-hybridized carbons (Fsp3) is 0.200. The highest BCUT2D eigenvalue weighted by molar-refractivity contribution is 6.19. The van der Waals surface area contributed by atoms with Gasteiger partial charge in [-0.15, -0.1) is 0 Å². The number of hydrogen-bond acceptors (Lipinski definition) is 1. The van der Waals surface area contributed by atoms with Crippen LogP contribution in [-0.4, -0.2) is 4.57 Å². The van der Waals surface area contributed by atoms with Crippen LogP contribution in [0.15, 0.2) is 64.6 Å². The third-order valence-electron chi connectivity index (χ3n) is 6.07. The molecule has 0 spiro atoms. The quantitative estimate of drug-likeness (QED) is 0.358. The average molecular weight is 351 g/mol. The number of aromatic nitrogens is 1. The Morgan fingerprint density at radius 3 is 2.74 bits per heavy atom. The van der Waals surface area contributed by atoms with Crippen LogP contribution in [-0.2, 0) is 6.42 Å². The predicted octanol–water partition coefficient (Wildman–Crippen LogP) is 7.08. The van der Waals surface area contributed by atoms with Gasteiger partial charge in [-0.2, -0.15) is 0 Å². The van der Waals surface area contributed by atoms with E-state index in [9.17, 15) is 0 Å². The van der Waals surface area contributed by atoms with Gasteiger partial charge in [-0.1, -0.05) is 35.9 Å². The van der Waals surface area contributed by atoms with Gasteiger partial charge in [0.15, 0.2) is 0 Å². The molecule has 0 saturated heterocycles. The SMILES string of the molecule is CC1=CC=C(n2c3ccccc3c3ccc4oc5c(c4c32)CCC=C5)CC1. The lowest BCUT2D eigenvalue weighted by Gasteiger charge is -2.16. The molecule has 6 rings (SSSR count). The number of nitrogens with zero attached hydrogens (tertiary/aromatic N) is 1. The highest BCUT2D eigenvalue weighted by Crippen LogP contribution is 2.42. The summed E-state index contributed by atoms with van der Waals surface area (Å²) in [4.78, 5) is 0. The zero-order valence-corrected chi connectivity index (χ0v) is 15.5. The van der Waals surface area contributed by atoms with Gasteiger partial charge in [0.2, 0.25) is 0 Å². The molecular weight excluding hydrogens is 330 g/mol. The largest absolute Gasteiger partial charge is 0.456 e. The summed E-state index contributed by atoms with van der Waals surface area (Å²) in [5.41, 5.74) is 7.81. The van der Waals surface area contributed by atoms with Crippen LogP contribution in [0, 0.1) is 0 Å². The van der Waals surface area contributed by atoms with E-state index in [0.717, 1.165) is 37.0 Å². The minimum Gasteiger partial charge on any atom is -0.456 e.